The topological polar surface area (TPSA) is 117 Å². The van der Waals surface area contributed by atoms with Crippen molar-refractivity contribution in [2.45, 2.75) is 45.7 Å². The van der Waals surface area contributed by atoms with Crippen LogP contribution in [0.1, 0.15) is 43.4 Å². The number of halogens is 3. The zero-order chi connectivity index (χ0) is 32.4. The van der Waals surface area contributed by atoms with Gasteiger partial charge in [-0.1, -0.05) is 62.0 Å². The number of amides is 2. The van der Waals surface area contributed by atoms with Gasteiger partial charge in [-0.15, -0.1) is 18.3 Å². The first-order chi connectivity index (χ1) is 21.3. The zero-order valence-electron chi connectivity index (χ0n) is 24.8. The van der Waals surface area contributed by atoms with Gasteiger partial charge in [-0.05, 0) is 66.8 Å². The first-order valence-electron chi connectivity index (χ1n) is 13.8. The van der Waals surface area contributed by atoms with Crippen molar-refractivity contribution in [3.8, 4) is 22.8 Å². The van der Waals surface area contributed by atoms with E-state index in [1.807, 2.05) is 25.1 Å². The number of aryl methyl sites for hydroxylation is 1. The predicted octanol–water partition coefficient (Wildman–Crippen LogP) is 6.63. The lowest BCUT2D eigenvalue weighted by atomic mass is 9.98. The molecule has 2 amide bonds. The summed E-state index contributed by atoms with van der Waals surface area (Å²) < 4.78 is 42.5. The molecule has 1 unspecified atom stereocenters. The van der Waals surface area contributed by atoms with Gasteiger partial charge in [-0.2, -0.15) is 10.1 Å². The largest absolute Gasteiger partial charge is 0.573 e. The average Bonchev–Trinajstić information content (AvgIpc) is 3.57. The van der Waals surface area contributed by atoms with Gasteiger partial charge < -0.3 is 9.84 Å². The average molecular weight is 638 g/mol. The molecular formula is C31H30F3N7O3S. The molecule has 45 heavy (non-hydrogen) atoms. The minimum absolute atomic E-state index is 0.196. The maximum Gasteiger partial charge on any atom is 0.573 e. The number of hydrogen-bond acceptors (Lipinski definition) is 7. The van der Waals surface area contributed by atoms with Crippen molar-refractivity contribution in [1.82, 2.24) is 20.2 Å². The maximum atomic E-state index is 12.7. The van der Waals surface area contributed by atoms with Crippen LogP contribution < -0.4 is 15.1 Å². The van der Waals surface area contributed by atoms with Crippen LogP contribution >= 0.6 is 11.8 Å². The van der Waals surface area contributed by atoms with Crippen molar-refractivity contribution in [3.63, 3.8) is 0 Å². The molecule has 14 heteroatoms. The van der Waals surface area contributed by atoms with Gasteiger partial charge in [-0.3, -0.25) is 4.90 Å². The Kier molecular flexibility index (Phi) is 8.98. The van der Waals surface area contributed by atoms with Gasteiger partial charge in [0.1, 0.15) is 12.1 Å². The summed E-state index contributed by atoms with van der Waals surface area (Å²) in [6.07, 6.45) is -1.85. The lowest BCUT2D eigenvalue weighted by Crippen LogP contribution is -2.46. The van der Waals surface area contributed by atoms with Gasteiger partial charge in [0.25, 0.3) is 0 Å². The number of thioether (sulfide) groups is 1. The minimum atomic E-state index is -4.77. The van der Waals surface area contributed by atoms with Crippen LogP contribution in [0.2, 0.25) is 0 Å². The Labute approximate surface area is 261 Å². The molecule has 0 saturated carbocycles. The van der Waals surface area contributed by atoms with E-state index in [1.54, 1.807) is 36.1 Å². The maximum absolute atomic E-state index is 12.7. The number of carbonyl (C=O) groups is 1. The van der Waals surface area contributed by atoms with Crippen LogP contribution in [0.5, 0.6) is 5.75 Å². The Balaban J connectivity index is 1.23. The SMILES string of the molecule is Cc1ccc(C(C)C)c(N2/C(=N/C(=O)N/N=C/c3ccc(-c4ncn(-c5ccc(OC(F)(F)F)cc5)n4)cc3)SCC2(C)O)c1. The van der Waals surface area contributed by atoms with Crippen LogP contribution in [0.15, 0.2) is 83.2 Å². The van der Waals surface area contributed by atoms with Crippen LogP contribution in [0.3, 0.4) is 0 Å². The summed E-state index contributed by atoms with van der Waals surface area (Å²) in [7, 11) is 0. The number of urea groups is 1. The number of ether oxygens (including phenoxy) is 1. The number of carbonyl (C=O) groups excluding carboxylic acids is 1. The number of nitrogens with one attached hydrogen (secondary N) is 1. The van der Waals surface area contributed by atoms with Gasteiger partial charge in [-0.25, -0.2) is 19.9 Å². The van der Waals surface area contributed by atoms with Crippen LogP contribution in [-0.2, 0) is 0 Å². The third-order valence-corrected chi connectivity index (χ3v) is 7.99. The molecule has 10 nitrogen and oxygen atoms in total. The summed E-state index contributed by atoms with van der Waals surface area (Å²) in [5.41, 5.74) is 5.94. The van der Waals surface area contributed by atoms with Gasteiger partial charge >= 0.3 is 12.4 Å². The molecule has 0 bridgehead atoms. The van der Waals surface area contributed by atoms with E-state index in [4.69, 9.17) is 0 Å². The fourth-order valence-corrected chi connectivity index (χ4v) is 5.73. The third-order valence-electron chi connectivity index (χ3n) is 6.76. The van der Waals surface area contributed by atoms with E-state index in [-0.39, 0.29) is 11.7 Å². The van der Waals surface area contributed by atoms with Crippen molar-refractivity contribution >= 4 is 34.9 Å². The Morgan fingerprint density at radius 3 is 2.51 bits per heavy atom. The number of aromatic nitrogens is 3. The number of aliphatic imine (C=N–C) groups is 1. The third kappa shape index (κ3) is 7.70. The first kappa shape index (κ1) is 31.7. The van der Waals surface area contributed by atoms with Crippen molar-refractivity contribution < 1.29 is 27.8 Å². The Morgan fingerprint density at radius 2 is 1.84 bits per heavy atom. The monoisotopic (exact) mass is 637 g/mol. The summed E-state index contributed by atoms with van der Waals surface area (Å²) in [6, 6.07) is 17.7. The van der Waals surface area contributed by atoms with E-state index in [0.717, 1.165) is 16.8 Å². The molecule has 234 valence electrons. The molecule has 1 aromatic heterocycles. The second-order valence-corrected chi connectivity index (χ2v) is 11.7. The first-order valence-corrected chi connectivity index (χ1v) is 14.8. The number of benzene rings is 3. The second kappa shape index (κ2) is 12.7. The van der Waals surface area contributed by atoms with Crippen LogP contribution in [0.25, 0.3) is 17.1 Å². The van der Waals surface area contributed by atoms with Gasteiger partial charge in [0, 0.05) is 17.0 Å². The fourth-order valence-electron chi connectivity index (χ4n) is 4.63. The van der Waals surface area contributed by atoms with Crippen LogP contribution in [0.4, 0.5) is 23.7 Å². The van der Waals surface area contributed by atoms with Crippen molar-refractivity contribution in [2.24, 2.45) is 10.1 Å². The number of hydrazone groups is 1. The zero-order valence-corrected chi connectivity index (χ0v) is 25.6. The van der Waals surface area contributed by atoms with E-state index in [1.165, 1.54) is 53.3 Å². The van der Waals surface area contributed by atoms with Gasteiger partial charge in [0.15, 0.2) is 16.7 Å². The number of alkyl halides is 3. The molecule has 0 spiro atoms. The smallest absolute Gasteiger partial charge is 0.406 e. The molecule has 1 aliphatic heterocycles. The standard InChI is InChI=1S/C31H30F3N7O3S/c1-19(2)25-14-5-20(3)15-26(25)41-29(45-17-30(41,4)43)37-28(42)38-36-16-21-6-8-22(9-7-21)27-35-18-40(39-27)23-10-12-24(13-11-23)44-31(32,33)34/h5-16,18-19,43H,17H2,1-4H3,(H,38,42)/b36-16+,37-29-. The summed E-state index contributed by atoms with van der Waals surface area (Å²) in [4.78, 5) is 22.9. The highest BCUT2D eigenvalue weighted by atomic mass is 32.2. The minimum Gasteiger partial charge on any atom is -0.406 e. The van der Waals surface area contributed by atoms with Gasteiger partial charge in [0.05, 0.1) is 11.9 Å². The Hall–Kier alpha value is -4.69. The molecule has 1 atom stereocenters. The van der Waals surface area contributed by atoms with Crippen molar-refractivity contribution in [3.05, 3.63) is 89.7 Å². The quantitative estimate of drug-likeness (QED) is 0.173. The normalized spacial score (nSPS) is 17.9. The molecule has 3 aromatic carbocycles. The number of nitrogens with zero attached hydrogens (tertiary/aromatic N) is 6. The van der Waals surface area contributed by atoms with E-state index < -0.39 is 18.1 Å². The summed E-state index contributed by atoms with van der Waals surface area (Å²) >= 11 is 1.29. The molecular weight excluding hydrogens is 607 g/mol. The van der Waals surface area contributed by atoms with E-state index in [9.17, 15) is 23.1 Å². The van der Waals surface area contributed by atoms with E-state index >= 15 is 0 Å². The number of hydrogen-bond donors (Lipinski definition) is 2. The second-order valence-electron chi connectivity index (χ2n) is 10.8. The molecule has 2 N–H and O–H groups in total. The lowest BCUT2D eigenvalue weighted by Gasteiger charge is -2.33. The highest BCUT2D eigenvalue weighted by Gasteiger charge is 2.42. The number of aliphatic hydroxyl groups is 1. The number of amidine groups is 1. The summed E-state index contributed by atoms with van der Waals surface area (Å²) in [6.45, 7) is 7.82. The molecule has 0 aliphatic carbocycles. The molecule has 1 aliphatic rings. The van der Waals surface area contributed by atoms with E-state index in [0.29, 0.717) is 33.6 Å². The number of rotatable bonds is 7. The summed E-state index contributed by atoms with van der Waals surface area (Å²) in [5.74, 6) is 0.614. The van der Waals surface area contributed by atoms with Crippen molar-refractivity contribution in [1.29, 1.82) is 0 Å². The van der Waals surface area contributed by atoms with E-state index in [2.05, 4.69) is 44.2 Å². The Bertz CT molecular complexity index is 1730. The molecule has 4 aromatic rings. The highest BCUT2D eigenvalue weighted by Crippen LogP contribution is 2.40. The fraction of sp³-hybridized carbons (Fsp3) is 0.258. The van der Waals surface area contributed by atoms with Crippen LogP contribution in [0, 0.1) is 6.92 Å². The lowest BCUT2D eigenvalue weighted by molar-refractivity contribution is -0.274. The van der Waals surface area contributed by atoms with Crippen LogP contribution in [-0.4, -0.2) is 55.1 Å². The molecule has 2 heterocycles. The Morgan fingerprint density at radius 1 is 1.13 bits per heavy atom. The molecule has 0 radical (unpaired) electrons. The van der Waals surface area contributed by atoms with Crippen molar-refractivity contribution in [2.75, 3.05) is 10.7 Å². The summed E-state index contributed by atoms with van der Waals surface area (Å²) in [5, 5.41) is 19.9. The molecule has 1 fully saturated rings. The molecule has 1 saturated heterocycles. The highest BCUT2D eigenvalue weighted by molar-refractivity contribution is 8.14. The van der Waals surface area contributed by atoms with Gasteiger partial charge in [0.2, 0.25) is 0 Å². The number of anilines is 1. The predicted molar refractivity (Wildman–Crippen MR) is 168 cm³/mol. The molecule has 5 rings (SSSR count).